The molecule has 0 bridgehead atoms. The van der Waals surface area contributed by atoms with E-state index < -0.39 is 6.04 Å². The molecule has 172 valence electrons. The zero-order valence-electron chi connectivity index (χ0n) is 18.1. The number of rotatable bonds is 7. The van der Waals surface area contributed by atoms with Gasteiger partial charge in [-0.2, -0.15) is 0 Å². The number of carbonyl (C=O) groups is 2. The van der Waals surface area contributed by atoms with Gasteiger partial charge in [0.2, 0.25) is 5.91 Å². The van der Waals surface area contributed by atoms with Gasteiger partial charge < -0.3 is 25.6 Å². The lowest BCUT2D eigenvalue weighted by atomic mass is 10.1. The summed E-state index contributed by atoms with van der Waals surface area (Å²) in [4.78, 5) is 32.0. The second-order valence-corrected chi connectivity index (χ2v) is 8.39. The van der Waals surface area contributed by atoms with Crippen molar-refractivity contribution >= 4 is 23.4 Å². The monoisotopic (exact) mass is 467 g/mol. The molecule has 0 radical (unpaired) electrons. The Hall–Kier alpha value is -3.20. The molecule has 8 nitrogen and oxygen atoms in total. The van der Waals surface area contributed by atoms with Crippen molar-refractivity contribution in [1.82, 2.24) is 19.8 Å². The van der Waals surface area contributed by atoms with Crippen molar-refractivity contribution in [2.75, 3.05) is 6.54 Å². The van der Waals surface area contributed by atoms with Crippen LogP contribution in [-0.2, 0) is 24.6 Å². The van der Waals surface area contributed by atoms with E-state index in [0.29, 0.717) is 30.2 Å². The highest BCUT2D eigenvalue weighted by Crippen LogP contribution is 2.26. The third-order valence-electron chi connectivity index (χ3n) is 5.94. The van der Waals surface area contributed by atoms with E-state index in [-0.39, 0.29) is 25.1 Å². The Morgan fingerprint density at radius 3 is 2.67 bits per heavy atom. The largest absolute Gasteiger partial charge is 0.376 e. The molecule has 1 aliphatic heterocycles. The minimum Gasteiger partial charge on any atom is -0.376 e. The highest BCUT2D eigenvalue weighted by molar-refractivity contribution is 6.30. The molecule has 2 aromatic heterocycles. The minimum absolute atomic E-state index is 0.222. The van der Waals surface area contributed by atoms with Gasteiger partial charge in [-0.15, -0.1) is 0 Å². The number of aromatic nitrogens is 2. The third kappa shape index (κ3) is 4.93. The van der Waals surface area contributed by atoms with Crippen molar-refractivity contribution < 1.29 is 14.7 Å². The lowest BCUT2D eigenvalue weighted by Crippen LogP contribution is -2.46. The summed E-state index contributed by atoms with van der Waals surface area (Å²) in [6, 6.07) is 10.2. The maximum absolute atomic E-state index is 13.4. The van der Waals surface area contributed by atoms with Gasteiger partial charge in [0.05, 0.1) is 0 Å². The molecule has 0 aliphatic carbocycles. The van der Waals surface area contributed by atoms with E-state index in [0.717, 1.165) is 28.7 Å². The predicted molar refractivity (Wildman–Crippen MR) is 125 cm³/mol. The van der Waals surface area contributed by atoms with Crippen LogP contribution in [0.15, 0.2) is 55.0 Å². The van der Waals surface area contributed by atoms with Crippen LogP contribution >= 0.6 is 11.6 Å². The number of nitrogens with two attached hydrogens (primary N) is 1. The molecule has 1 fully saturated rings. The summed E-state index contributed by atoms with van der Waals surface area (Å²) in [6.45, 7) is 0.759. The highest BCUT2D eigenvalue weighted by Gasteiger charge is 2.35. The number of amides is 2. The first kappa shape index (κ1) is 23.0. The van der Waals surface area contributed by atoms with Crippen LogP contribution in [-0.4, -0.2) is 44.0 Å². The van der Waals surface area contributed by atoms with Gasteiger partial charge in [-0.3, -0.25) is 14.6 Å². The zero-order chi connectivity index (χ0) is 23.4. The number of pyridine rings is 1. The Kier molecular flexibility index (Phi) is 7.08. The first-order valence-corrected chi connectivity index (χ1v) is 11.2. The molecule has 1 aliphatic rings. The fraction of sp³-hybridized carbons (Fsp3) is 0.292. The number of hydrogen-bond acceptors (Lipinski definition) is 5. The van der Waals surface area contributed by atoms with Crippen molar-refractivity contribution in [1.29, 1.82) is 0 Å². The van der Waals surface area contributed by atoms with Crippen LogP contribution in [0.5, 0.6) is 0 Å². The number of hydrogen-bond donors (Lipinski definition) is 3. The summed E-state index contributed by atoms with van der Waals surface area (Å²) in [5.74, 6) is -0.507. The lowest BCUT2D eigenvalue weighted by molar-refractivity contribution is -0.125. The summed E-state index contributed by atoms with van der Waals surface area (Å²) in [7, 11) is 0. The Bertz CT molecular complexity index is 1150. The van der Waals surface area contributed by atoms with E-state index in [1.165, 1.54) is 4.57 Å². The van der Waals surface area contributed by atoms with Crippen LogP contribution in [0.2, 0.25) is 5.02 Å². The van der Waals surface area contributed by atoms with E-state index in [1.54, 1.807) is 41.7 Å². The molecule has 0 saturated carbocycles. The van der Waals surface area contributed by atoms with Gasteiger partial charge in [-0.05, 0) is 59.9 Å². The van der Waals surface area contributed by atoms with E-state index in [2.05, 4.69) is 10.3 Å². The van der Waals surface area contributed by atoms with Crippen LogP contribution in [0, 0.1) is 0 Å². The number of nitrogens with one attached hydrogen (secondary N) is 1. The second kappa shape index (κ2) is 10.2. The van der Waals surface area contributed by atoms with Crippen LogP contribution < -0.4 is 11.1 Å². The fourth-order valence-electron chi connectivity index (χ4n) is 4.20. The van der Waals surface area contributed by atoms with Crippen molar-refractivity contribution in [2.24, 2.45) is 5.73 Å². The molecule has 9 heteroatoms. The Morgan fingerprint density at radius 2 is 1.94 bits per heavy atom. The topological polar surface area (TPSA) is 113 Å². The van der Waals surface area contributed by atoms with Crippen molar-refractivity contribution in [3.05, 3.63) is 76.8 Å². The fourth-order valence-corrected chi connectivity index (χ4v) is 4.39. The van der Waals surface area contributed by atoms with E-state index in [9.17, 15) is 14.7 Å². The van der Waals surface area contributed by atoms with E-state index >= 15 is 0 Å². The van der Waals surface area contributed by atoms with Gasteiger partial charge in [-0.25, -0.2) is 0 Å². The molecule has 4 rings (SSSR count). The van der Waals surface area contributed by atoms with Crippen LogP contribution in [0.25, 0.3) is 11.1 Å². The Balaban J connectivity index is 1.50. The van der Waals surface area contributed by atoms with Gasteiger partial charge in [0, 0.05) is 48.8 Å². The van der Waals surface area contributed by atoms with Gasteiger partial charge in [0.25, 0.3) is 5.91 Å². The number of aliphatic hydroxyl groups excluding tert-OH is 1. The van der Waals surface area contributed by atoms with Gasteiger partial charge in [-0.1, -0.05) is 17.7 Å². The number of benzene rings is 1. The molecule has 2 amide bonds. The second-order valence-electron chi connectivity index (χ2n) is 7.95. The number of halogens is 1. The summed E-state index contributed by atoms with van der Waals surface area (Å²) in [5.41, 5.74) is 9.57. The standard InChI is InChI=1S/C24H26ClN5O3/c25-20-4-3-17(12-26)18(10-20)13-28-23(32)21-2-1-9-30(21)24(33)22-11-19(14-29(22)15-31)16-5-7-27-8-6-16/h3-8,10-11,14,21,31H,1-2,9,12-13,15,26H2,(H,28,32)/t21-/m0/s1. The zero-order valence-corrected chi connectivity index (χ0v) is 18.8. The number of carbonyl (C=O) groups excluding carboxylic acids is 2. The molecule has 1 aromatic carbocycles. The average Bonchev–Trinajstić information content (AvgIpc) is 3.50. The molecule has 3 heterocycles. The Morgan fingerprint density at radius 1 is 1.15 bits per heavy atom. The molecule has 1 saturated heterocycles. The summed E-state index contributed by atoms with van der Waals surface area (Å²) >= 11 is 6.09. The van der Waals surface area contributed by atoms with Crippen molar-refractivity contribution in [2.45, 2.75) is 38.7 Å². The predicted octanol–water partition coefficient (Wildman–Crippen LogP) is 2.53. The lowest BCUT2D eigenvalue weighted by Gasteiger charge is -2.24. The molecule has 0 spiro atoms. The van der Waals surface area contributed by atoms with Crippen molar-refractivity contribution in [3.63, 3.8) is 0 Å². The van der Waals surface area contributed by atoms with Crippen LogP contribution in [0.1, 0.15) is 34.5 Å². The molecule has 3 aromatic rings. The summed E-state index contributed by atoms with van der Waals surface area (Å²) in [6.07, 6.45) is 6.37. The number of aliphatic hydroxyl groups is 1. The maximum atomic E-state index is 13.4. The molecule has 0 unspecified atom stereocenters. The third-order valence-corrected chi connectivity index (χ3v) is 6.17. The average molecular weight is 468 g/mol. The van der Waals surface area contributed by atoms with Gasteiger partial charge >= 0.3 is 0 Å². The number of likely N-dealkylation sites (tertiary alicyclic amines) is 1. The van der Waals surface area contributed by atoms with Crippen molar-refractivity contribution in [3.8, 4) is 11.1 Å². The number of nitrogens with zero attached hydrogens (tertiary/aromatic N) is 3. The normalized spacial score (nSPS) is 15.6. The van der Waals surface area contributed by atoms with Crippen LogP contribution in [0.3, 0.4) is 0 Å². The molecule has 33 heavy (non-hydrogen) atoms. The first-order chi connectivity index (χ1) is 16.0. The quantitative estimate of drug-likeness (QED) is 0.494. The van der Waals surface area contributed by atoms with E-state index in [1.807, 2.05) is 18.2 Å². The maximum Gasteiger partial charge on any atom is 0.271 e. The molecular weight excluding hydrogens is 442 g/mol. The molecule has 4 N–H and O–H groups in total. The van der Waals surface area contributed by atoms with Crippen LogP contribution in [0.4, 0.5) is 0 Å². The first-order valence-electron chi connectivity index (χ1n) is 10.8. The molecular formula is C24H26ClN5O3. The minimum atomic E-state index is -0.579. The summed E-state index contributed by atoms with van der Waals surface area (Å²) in [5, 5.41) is 13.3. The Labute approximate surface area is 197 Å². The van der Waals surface area contributed by atoms with Gasteiger partial charge in [0.15, 0.2) is 0 Å². The molecule has 1 atom stereocenters. The summed E-state index contributed by atoms with van der Waals surface area (Å²) < 4.78 is 1.49. The highest BCUT2D eigenvalue weighted by atomic mass is 35.5. The smallest absolute Gasteiger partial charge is 0.271 e. The SMILES string of the molecule is NCc1ccc(Cl)cc1CNC(=O)[C@@H]1CCCN1C(=O)c1cc(-c2ccncc2)cn1CO. The van der Waals surface area contributed by atoms with Gasteiger partial charge in [0.1, 0.15) is 18.5 Å². The van der Waals surface area contributed by atoms with E-state index in [4.69, 9.17) is 17.3 Å².